The molecule has 0 aliphatic heterocycles. The van der Waals surface area contributed by atoms with Crippen molar-refractivity contribution in [2.45, 2.75) is 46.1 Å². The van der Waals surface area contributed by atoms with Crippen LogP contribution in [0.2, 0.25) is 0 Å². The number of aliphatic carboxylic acids is 1. The molecule has 8 heteroatoms. The van der Waals surface area contributed by atoms with Crippen molar-refractivity contribution in [1.29, 1.82) is 0 Å². The van der Waals surface area contributed by atoms with Crippen molar-refractivity contribution in [2.24, 2.45) is 5.92 Å². The van der Waals surface area contributed by atoms with E-state index in [0.29, 0.717) is 24.7 Å². The molecular formula is C19H25N3O5. The molecule has 0 aliphatic carbocycles. The lowest BCUT2D eigenvalue weighted by Gasteiger charge is -2.16. The molecule has 146 valence electrons. The summed E-state index contributed by atoms with van der Waals surface area (Å²) in [5.74, 6) is 0.285. The van der Waals surface area contributed by atoms with Gasteiger partial charge < -0.3 is 19.7 Å². The quantitative estimate of drug-likeness (QED) is 0.656. The molecule has 1 aromatic carbocycles. The van der Waals surface area contributed by atoms with Gasteiger partial charge >= 0.3 is 5.97 Å². The molecule has 2 rings (SSSR count). The minimum Gasteiger partial charge on any atom is -0.494 e. The summed E-state index contributed by atoms with van der Waals surface area (Å²) in [6.45, 7) is 6.32. The highest BCUT2D eigenvalue weighted by molar-refractivity contribution is 5.83. The molecule has 2 aromatic rings. The summed E-state index contributed by atoms with van der Waals surface area (Å²) >= 11 is 0. The first-order chi connectivity index (χ1) is 12.9. The van der Waals surface area contributed by atoms with Crippen LogP contribution in [0.15, 0.2) is 28.8 Å². The molecule has 0 saturated carbocycles. The van der Waals surface area contributed by atoms with Crippen molar-refractivity contribution in [3.63, 3.8) is 0 Å². The van der Waals surface area contributed by atoms with Crippen LogP contribution in [-0.4, -0.2) is 39.8 Å². The Morgan fingerprint density at radius 1 is 1.26 bits per heavy atom. The second-order valence-electron chi connectivity index (χ2n) is 6.56. The molecule has 1 heterocycles. The van der Waals surface area contributed by atoms with Crippen molar-refractivity contribution >= 4 is 11.9 Å². The smallest absolute Gasteiger partial charge is 0.326 e. The first-order valence-electron chi connectivity index (χ1n) is 8.97. The maximum Gasteiger partial charge on any atom is 0.326 e. The number of amides is 1. The van der Waals surface area contributed by atoms with Gasteiger partial charge in [-0.05, 0) is 43.5 Å². The topological polar surface area (TPSA) is 115 Å². The van der Waals surface area contributed by atoms with E-state index in [1.54, 1.807) is 0 Å². The Hall–Kier alpha value is -2.90. The lowest BCUT2D eigenvalue weighted by Crippen LogP contribution is -2.41. The molecule has 8 nitrogen and oxygen atoms in total. The Bertz CT molecular complexity index is 755. The van der Waals surface area contributed by atoms with Crippen LogP contribution in [-0.2, 0) is 16.0 Å². The predicted octanol–water partition coefficient (Wildman–Crippen LogP) is 2.68. The molecule has 0 fully saturated rings. The number of ether oxygens (including phenoxy) is 1. The van der Waals surface area contributed by atoms with Crippen LogP contribution in [0.25, 0.3) is 11.4 Å². The summed E-state index contributed by atoms with van der Waals surface area (Å²) in [5, 5.41) is 15.6. The van der Waals surface area contributed by atoms with E-state index in [4.69, 9.17) is 9.26 Å². The highest BCUT2D eigenvalue weighted by Crippen LogP contribution is 2.20. The number of aromatic nitrogens is 2. The number of nitrogens with zero attached hydrogens (tertiary/aromatic N) is 2. The molecule has 1 amide bonds. The minimum absolute atomic E-state index is 0.0762. The van der Waals surface area contributed by atoms with E-state index >= 15 is 0 Å². The van der Waals surface area contributed by atoms with Crippen LogP contribution in [0.1, 0.15) is 39.5 Å². The largest absolute Gasteiger partial charge is 0.494 e. The summed E-state index contributed by atoms with van der Waals surface area (Å²) in [6, 6.07) is 6.41. The van der Waals surface area contributed by atoms with Crippen LogP contribution in [0, 0.1) is 5.92 Å². The highest BCUT2D eigenvalue weighted by Gasteiger charge is 2.21. The number of carboxylic acids is 1. The van der Waals surface area contributed by atoms with E-state index < -0.39 is 12.0 Å². The van der Waals surface area contributed by atoms with Crippen molar-refractivity contribution in [2.75, 3.05) is 6.61 Å². The van der Waals surface area contributed by atoms with Gasteiger partial charge in [-0.25, -0.2) is 4.79 Å². The highest BCUT2D eigenvalue weighted by atomic mass is 16.5. The summed E-state index contributed by atoms with van der Waals surface area (Å²) in [4.78, 5) is 27.5. The van der Waals surface area contributed by atoms with Gasteiger partial charge in [-0.2, -0.15) is 4.98 Å². The molecule has 0 aliphatic rings. The monoisotopic (exact) mass is 375 g/mol. The number of carbonyl (C=O) groups is 2. The third kappa shape index (κ3) is 6.40. The van der Waals surface area contributed by atoms with Crippen molar-refractivity contribution in [1.82, 2.24) is 15.5 Å². The van der Waals surface area contributed by atoms with Gasteiger partial charge in [0.25, 0.3) is 0 Å². The Morgan fingerprint density at radius 3 is 2.56 bits per heavy atom. The van der Waals surface area contributed by atoms with Gasteiger partial charge in [0.2, 0.25) is 17.6 Å². The lowest BCUT2D eigenvalue weighted by atomic mass is 10.0. The standard InChI is InChI=1S/C19H25N3O5/c1-4-26-14-7-5-13(6-8-14)18-21-17(27-22-18)10-9-16(23)20-15(19(24)25)11-12(2)3/h5-8,12,15H,4,9-11H2,1-3H3,(H,20,23)(H,24,25)/t15-/m1/s1. The van der Waals surface area contributed by atoms with Gasteiger partial charge in [0.05, 0.1) is 6.61 Å². The molecule has 2 N–H and O–H groups in total. The van der Waals surface area contributed by atoms with Crippen LogP contribution in [0.3, 0.4) is 0 Å². The van der Waals surface area contributed by atoms with Gasteiger partial charge in [0, 0.05) is 18.4 Å². The minimum atomic E-state index is -1.03. The fraction of sp³-hybridized carbons (Fsp3) is 0.474. The molecule has 0 spiro atoms. The Labute approximate surface area is 157 Å². The number of aryl methyl sites for hydroxylation is 1. The van der Waals surface area contributed by atoms with Crippen molar-refractivity contribution in [3.05, 3.63) is 30.2 Å². The second-order valence-corrected chi connectivity index (χ2v) is 6.56. The Morgan fingerprint density at radius 2 is 1.96 bits per heavy atom. The Kier molecular flexibility index (Phi) is 7.34. The summed E-state index contributed by atoms with van der Waals surface area (Å²) < 4.78 is 10.6. The molecule has 1 aromatic heterocycles. The van der Waals surface area contributed by atoms with E-state index in [1.807, 2.05) is 45.0 Å². The van der Waals surface area contributed by atoms with Gasteiger partial charge in [0.15, 0.2) is 0 Å². The van der Waals surface area contributed by atoms with Gasteiger partial charge in [-0.3, -0.25) is 4.79 Å². The molecule has 0 bridgehead atoms. The third-order valence-electron chi connectivity index (χ3n) is 3.80. The summed E-state index contributed by atoms with van der Waals surface area (Å²) in [5.41, 5.74) is 0.778. The van der Waals surface area contributed by atoms with E-state index in [1.165, 1.54) is 0 Å². The fourth-order valence-corrected chi connectivity index (χ4v) is 2.52. The third-order valence-corrected chi connectivity index (χ3v) is 3.80. The number of nitrogens with one attached hydrogen (secondary N) is 1. The predicted molar refractivity (Wildman–Crippen MR) is 98.2 cm³/mol. The van der Waals surface area contributed by atoms with Crippen molar-refractivity contribution in [3.8, 4) is 17.1 Å². The number of rotatable bonds is 10. The first kappa shape index (κ1) is 20.4. The van der Waals surface area contributed by atoms with Gasteiger partial charge in [-0.15, -0.1) is 0 Å². The maximum atomic E-state index is 12.0. The summed E-state index contributed by atoms with van der Waals surface area (Å²) in [7, 11) is 0. The average molecular weight is 375 g/mol. The van der Waals surface area contributed by atoms with Gasteiger partial charge in [0.1, 0.15) is 11.8 Å². The van der Waals surface area contributed by atoms with E-state index in [2.05, 4.69) is 15.5 Å². The van der Waals surface area contributed by atoms with E-state index in [9.17, 15) is 14.7 Å². The zero-order valence-electron chi connectivity index (χ0n) is 15.8. The van der Waals surface area contributed by atoms with Crippen LogP contribution >= 0.6 is 0 Å². The number of benzene rings is 1. The molecule has 0 unspecified atom stereocenters. The molecule has 0 saturated heterocycles. The molecular weight excluding hydrogens is 350 g/mol. The molecule has 0 radical (unpaired) electrons. The summed E-state index contributed by atoms with van der Waals surface area (Å²) in [6.07, 6.45) is 0.695. The number of hydrogen-bond acceptors (Lipinski definition) is 6. The zero-order valence-corrected chi connectivity index (χ0v) is 15.8. The maximum absolute atomic E-state index is 12.0. The van der Waals surface area contributed by atoms with Crippen LogP contribution in [0.4, 0.5) is 0 Å². The number of hydrogen-bond donors (Lipinski definition) is 2. The van der Waals surface area contributed by atoms with Crippen molar-refractivity contribution < 1.29 is 24.0 Å². The number of carbonyl (C=O) groups excluding carboxylic acids is 1. The van der Waals surface area contributed by atoms with E-state index in [0.717, 1.165) is 11.3 Å². The Balaban J connectivity index is 1.89. The first-order valence-corrected chi connectivity index (χ1v) is 8.97. The van der Waals surface area contributed by atoms with Crippen LogP contribution in [0.5, 0.6) is 5.75 Å². The zero-order chi connectivity index (χ0) is 19.8. The van der Waals surface area contributed by atoms with Gasteiger partial charge in [-0.1, -0.05) is 19.0 Å². The normalized spacial score (nSPS) is 12.0. The SMILES string of the molecule is CCOc1ccc(-c2noc(CCC(=O)N[C@H](CC(C)C)C(=O)O)n2)cc1. The molecule has 1 atom stereocenters. The second kappa shape index (κ2) is 9.70. The van der Waals surface area contributed by atoms with E-state index in [-0.39, 0.29) is 24.7 Å². The average Bonchev–Trinajstić information content (AvgIpc) is 3.09. The molecule has 27 heavy (non-hydrogen) atoms. The number of carboxylic acid groups (broad SMARTS) is 1. The van der Waals surface area contributed by atoms with Crippen LogP contribution < -0.4 is 10.1 Å². The fourth-order valence-electron chi connectivity index (χ4n) is 2.52. The lowest BCUT2D eigenvalue weighted by molar-refractivity contribution is -0.142.